The van der Waals surface area contributed by atoms with Crippen LogP contribution in [0.5, 0.6) is 0 Å². The molecule has 6 aromatic carbocycles. The lowest BCUT2D eigenvalue weighted by molar-refractivity contribution is -0.0236. The van der Waals surface area contributed by atoms with E-state index in [0.29, 0.717) is 0 Å². The maximum atomic E-state index is 2.70. The van der Waals surface area contributed by atoms with Gasteiger partial charge < -0.3 is 4.90 Å². The molecule has 0 spiro atoms. The molecule has 1 heterocycles. The van der Waals surface area contributed by atoms with Crippen molar-refractivity contribution in [1.82, 2.24) is 0 Å². The van der Waals surface area contributed by atoms with Crippen LogP contribution in [0.4, 0.5) is 11.4 Å². The summed E-state index contributed by atoms with van der Waals surface area (Å²) in [6.07, 6.45) is 2.33. The highest BCUT2D eigenvalue weighted by atomic mass is 15.3. The average molecular weight is 586 g/mol. The molecule has 0 amide bonds. The van der Waals surface area contributed by atoms with E-state index < -0.39 is 0 Å². The van der Waals surface area contributed by atoms with Crippen LogP contribution in [0.15, 0.2) is 127 Å². The number of nitrogens with zero attached hydrogens (tertiary/aromatic N) is 1. The molecule has 0 radical (unpaired) electrons. The van der Waals surface area contributed by atoms with Gasteiger partial charge in [-0.05, 0) is 104 Å². The smallest absolute Gasteiger partial charge is 0.0528 e. The molecule has 1 fully saturated rings. The fourth-order valence-corrected chi connectivity index (χ4v) is 10.1. The second-order valence-electron chi connectivity index (χ2n) is 15.4. The molecule has 1 saturated carbocycles. The van der Waals surface area contributed by atoms with Crippen molar-refractivity contribution in [2.75, 3.05) is 4.90 Å². The van der Waals surface area contributed by atoms with E-state index in [9.17, 15) is 0 Å². The second kappa shape index (κ2) is 9.57. The summed E-state index contributed by atoms with van der Waals surface area (Å²) in [6, 6.07) is 47.4. The highest BCUT2D eigenvalue weighted by Crippen LogP contribution is 2.70. The maximum absolute atomic E-state index is 2.70. The number of hydrogen-bond donors (Lipinski definition) is 0. The predicted molar refractivity (Wildman–Crippen MR) is 193 cm³/mol. The molecule has 0 N–H and O–H groups in total. The van der Waals surface area contributed by atoms with E-state index >= 15 is 0 Å². The van der Waals surface area contributed by atoms with E-state index in [2.05, 4.69) is 174 Å². The molecular formula is C44H43N. The molecule has 1 aliphatic heterocycles. The van der Waals surface area contributed by atoms with Gasteiger partial charge in [-0.3, -0.25) is 0 Å². The van der Waals surface area contributed by atoms with Crippen LogP contribution in [-0.2, 0) is 5.41 Å². The van der Waals surface area contributed by atoms with Gasteiger partial charge in [0.05, 0.1) is 5.54 Å². The van der Waals surface area contributed by atoms with Gasteiger partial charge in [-0.15, -0.1) is 0 Å². The Morgan fingerprint density at radius 1 is 0.489 bits per heavy atom. The van der Waals surface area contributed by atoms with Crippen molar-refractivity contribution >= 4 is 32.9 Å². The molecule has 2 atom stereocenters. The minimum atomic E-state index is -0.0815. The minimum Gasteiger partial charge on any atom is -0.334 e. The van der Waals surface area contributed by atoms with Crippen molar-refractivity contribution in [3.05, 3.63) is 133 Å². The molecule has 1 nitrogen and oxygen atoms in total. The molecule has 6 aromatic rings. The number of rotatable bonds is 3. The molecule has 0 aromatic heterocycles. The summed E-state index contributed by atoms with van der Waals surface area (Å²) in [4.78, 5) is 2.70. The summed E-state index contributed by atoms with van der Waals surface area (Å²) < 4.78 is 0. The third-order valence-electron chi connectivity index (χ3n) is 11.7. The summed E-state index contributed by atoms with van der Waals surface area (Å²) in [5, 5.41) is 5.23. The lowest BCUT2D eigenvalue weighted by atomic mass is 9.45. The molecule has 1 aliphatic carbocycles. The largest absolute Gasteiger partial charge is 0.334 e. The zero-order chi connectivity index (χ0) is 31.2. The molecule has 2 aliphatic rings. The summed E-state index contributed by atoms with van der Waals surface area (Å²) in [7, 11) is 0. The Bertz CT molecular complexity index is 2030. The predicted octanol–water partition coefficient (Wildman–Crippen LogP) is 12.3. The molecular weight excluding hydrogens is 542 g/mol. The lowest BCUT2D eigenvalue weighted by Gasteiger charge is -2.62. The van der Waals surface area contributed by atoms with Crippen LogP contribution in [0.2, 0.25) is 0 Å². The summed E-state index contributed by atoms with van der Waals surface area (Å²) in [5.74, 6) is 0. The van der Waals surface area contributed by atoms with Crippen molar-refractivity contribution in [2.45, 2.75) is 65.3 Å². The Morgan fingerprint density at radius 2 is 0.978 bits per heavy atom. The van der Waals surface area contributed by atoms with E-state index in [1.54, 1.807) is 0 Å². The first kappa shape index (κ1) is 28.1. The first-order valence-electron chi connectivity index (χ1n) is 16.5. The van der Waals surface area contributed by atoms with Crippen molar-refractivity contribution < 1.29 is 0 Å². The Labute approximate surface area is 268 Å². The van der Waals surface area contributed by atoms with E-state index in [1.807, 2.05) is 0 Å². The third kappa shape index (κ3) is 3.86. The van der Waals surface area contributed by atoms with Gasteiger partial charge in [0, 0.05) is 16.8 Å². The number of anilines is 2. The van der Waals surface area contributed by atoms with Crippen molar-refractivity contribution in [3.63, 3.8) is 0 Å². The van der Waals surface area contributed by atoms with Crippen LogP contribution in [0.3, 0.4) is 0 Å². The molecule has 0 bridgehead atoms. The zero-order valence-electron chi connectivity index (χ0n) is 27.5. The van der Waals surface area contributed by atoms with Gasteiger partial charge in [0.25, 0.3) is 0 Å². The average Bonchev–Trinajstić information content (AvgIpc) is 3.23. The van der Waals surface area contributed by atoms with Crippen molar-refractivity contribution in [1.29, 1.82) is 0 Å². The van der Waals surface area contributed by atoms with Gasteiger partial charge in [0.2, 0.25) is 0 Å². The minimum absolute atomic E-state index is 0.0632. The van der Waals surface area contributed by atoms with Crippen LogP contribution in [0.25, 0.3) is 43.8 Å². The number of hydrogen-bond acceptors (Lipinski definition) is 1. The van der Waals surface area contributed by atoms with E-state index in [1.165, 1.54) is 67.2 Å². The van der Waals surface area contributed by atoms with Crippen LogP contribution in [-0.4, -0.2) is 5.54 Å². The molecule has 0 saturated heterocycles. The van der Waals surface area contributed by atoms with Gasteiger partial charge in [0.1, 0.15) is 0 Å². The first-order valence-corrected chi connectivity index (χ1v) is 16.5. The summed E-state index contributed by atoms with van der Waals surface area (Å²) >= 11 is 0. The summed E-state index contributed by atoms with van der Waals surface area (Å²) in [5.41, 5.74) is 9.51. The number of benzene rings is 6. The third-order valence-corrected chi connectivity index (χ3v) is 11.7. The molecule has 1 heteroatoms. The highest BCUT2D eigenvalue weighted by molar-refractivity contribution is 6.21. The van der Waals surface area contributed by atoms with E-state index in [-0.39, 0.29) is 21.8 Å². The Kier molecular flexibility index (Phi) is 5.98. The number of fused-ring (bicyclic) bond motifs is 5. The Hall–Kier alpha value is -4.36. The van der Waals surface area contributed by atoms with Crippen molar-refractivity contribution in [3.8, 4) is 22.3 Å². The normalized spacial score (nSPS) is 23.2. The lowest BCUT2D eigenvalue weighted by Crippen LogP contribution is -2.65. The van der Waals surface area contributed by atoms with Gasteiger partial charge >= 0.3 is 0 Å². The van der Waals surface area contributed by atoms with Gasteiger partial charge in [-0.2, -0.15) is 0 Å². The van der Waals surface area contributed by atoms with Crippen LogP contribution < -0.4 is 4.90 Å². The fourth-order valence-electron chi connectivity index (χ4n) is 10.1. The monoisotopic (exact) mass is 585 g/mol. The van der Waals surface area contributed by atoms with Gasteiger partial charge in [-0.25, -0.2) is 0 Å². The standard InChI is InChI=1S/C44H43N/c1-41(2)28-42(3,4)44(6)37-27-31(25-26-38(37)45(43(44,5)29-41)32-19-11-8-12-20-32)40-35-23-15-13-21-33(35)39(30-17-9-7-10-18-30)34-22-14-16-24-36(34)40/h7-27H,28-29H2,1-6H3. The fraction of sp³-hybridized carbons (Fsp3) is 0.273. The highest BCUT2D eigenvalue weighted by Gasteiger charge is 2.67. The molecule has 224 valence electrons. The zero-order valence-corrected chi connectivity index (χ0v) is 27.5. The quantitative estimate of drug-likeness (QED) is 0.187. The topological polar surface area (TPSA) is 3.24 Å². The maximum Gasteiger partial charge on any atom is 0.0528 e. The summed E-state index contributed by atoms with van der Waals surface area (Å²) in [6.45, 7) is 15.1. The SMILES string of the molecule is CC1(C)CC(C)(C)C2(C)c3cc(-c4c5ccccc5c(-c5ccccc5)c5ccccc45)ccc3N(c3ccccc3)C2(C)C1. The van der Waals surface area contributed by atoms with Crippen LogP contribution in [0.1, 0.15) is 59.9 Å². The van der Waals surface area contributed by atoms with Gasteiger partial charge in [-0.1, -0.05) is 138 Å². The molecule has 2 unspecified atom stereocenters. The van der Waals surface area contributed by atoms with E-state index in [4.69, 9.17) is 0 Å². The number of para-hydroxylation sites is 1. The molecule has 8 rings (SSSR count). The van der Waals surface area contributed by atoms with Gasteiger partial charge in [0.15, 0.2) is 0 Å². The van der Waals surface area contributed by atoms with Crippen LogP contribution in [0, 0.1) is 10.8 Å². The van der Waals surface area contributed by atoms with E-state index in [0.717, 1.165) is 6.42 Å². The van der Waals surface area contributed by atoms with Crippen molar-refractivity contribution in [2.24, 2.45) is 10.8 Å². The first-order chi connectivity index (χ1) is 21.6. The second-order valence-corrected chi connectivity index (χ2v) is 15.4. The Balaban J connectivity index is 1.44. The Morgan fingerprint density at radius 3 is 1.53 bits per heavy atom. The van der Waals surface area contributed by atoms with Crippen LogP contribution >= 0.6 is 0 Å². The molecule has 45 heavy (non-hydrogen) atoms.